The lowest BCUT2D eigenvalue weighted by Gasteiger charge is -2.31. The summed E-state index contributed by atoms with van der Waals surface area (Å²) in [5.41, 5.74) is 0.484. The second-order valence-corrected chi connectivity index (χ2v) is 2.84. The third-order valence-electron chi connectivity index (χ3n) is 2.05. The number of methoxy groups -OCH3 is 1. The summed E-state index contributed by atoms with van der Waals surface area (Å²) >= 11 is 0. The Kier molecular flexibility index (Phi) is 2.29. The molecule has 1 aliphatic rings. The highest BCUT2D eigenvalue weighted by Gasteiger charge is 2.32. The lowest BCUT2D eigenvalue weighted by atomic mass is 9.78. The second kappa shape index (κ2) is 3.05. The Morgan fingerprint density at radius 1 is 1.64 bits per heavy atom. The van der Waals surface area contributed by atoms with Gasteiger partial charge in [-0.3, -0.25) is 0 Å². The van der Waals surface area contributed by atoms with Gasteiger partial charge in [0.2, 0.25) is 0 Å². The van der Waals surface area contributed by atoms with E-state index in [0.717, 1.165) is 0 Å². The van der Waals surface area contributed by atoms with Crippen LogP contribution in [0.5, 0.6) is 0 Å². The highest BCUT2D eigenvalue weighted by atomic mass is 16.5. The maximum absolute atomic E-state index is 10.8. The van der Waals surface area contributed by atoms with E-state index >= 15 is 0 Å². The summed E-state index contributed by atoms with van der Waals surface area (Å²) in [6.45, 7) is 3.60. The molecule has 0 amide bonds. The van der Waals surface area contributed by atoms with Gasteiger partial charge in [-0.1, -0.05) is 6.58 Å². The van der Waals surface area contributed by atoms with Crippen LogP contribution in [0.2, 0.25) is 0 Å². The van der Waals surface area contributed by atoms with E-state index in [0.29, 0.717) is 18.4 Å². The summed E-state index contributed by atoms with van der Waals surface area (Å²) < 4.78 is 4.48. The Morgan fingerprint density at radius 2 is 2.18 bits per heavy atom. The fourth-order valence-corrected chi connectivity index (χ4v) is 1.17. The van der Waals surface area contributed by atoms with Crippen LogP contribution >= 0.6 is 0 Å². The van der Waals surface area contributed by atoms with Crippen LogP contribution in [0.4, 0.5) is 0 Å². The molecule has 0 bridgehead atoms. The molecular weight excluding hydrogens is 144 g/mol. The third kappa shape index (κ3) is 1.60. The number of hydrogen-bond acceptors (Lipinski definition) is 3. The van der Waals surface area contributed by atoms with E-state index in [1.807, 2.05) is 0 Å². The summed E-state index contributed by atoms with van der Waals surface area (Å²) in [4.78, 5) is 10.8. The molecule has 62 valence electrons. The molecule has 0 radical (unpaired) electrons. The highest BCUT2D eigenvalue weighted by molar-refractivity contribution is 5.88. The highest BCUT2D eigenvalue weighted by Crippen LogP contribution is 2.32. The molecule has 0 atom stereocenters. The molecule has 0 aliphatic heterocycles. The van der Waals surface area contributed by atoms with Crippen LogP contribution < -0.4 is 0 Å². The van der Waals surface area contributed by atoms with Gasteiger partial charge >= 0.3 is 5.97 Å². The predicted octanol–water partition coefficient (Wildman–Crippen LogP) is 0.486. The quantitative estimate of drug-likeness (QED) is 0.467. The van der Waals surface area contributed by atoms with Crippen molar-refractivity contribution in [3.8, 4) is 0 Å². The first-order valence-corrected chi connectivity index (χ1v) is 3.60. The van der Waals surface area contributed by atoms with Crippen LogP contribution in [-0.4, -0.2) is 24.3 Å². The number of aliphatic hydroxyl groups excluding tert-OH is 1. The van der Waals surface area contributed by atoms with Crippen LogP contribution in [0, 0.1) is 5.92 Å². The van der Waals surface area contributed by atoms with Gasteiger partial charge in [0.15, 0.2) is 0 Å². The number of rotatable bonds is 2. The molecule has 3 heteroatoms. The smallest absolute Gasteiger partial charge is 0.333 e. The lowest BCUT2D eigenvalue weighted by Crippen LogP contribution is -2.31. The predicted molar refractivity (Wildman–Crippen MR) is 39.9 cm³/mol. The van der Waals surface area contributed by atoms with Crippen molar-refractivity contribution in [1.29, 1.82) is 0 Å². The zero-order valence-corrected chi connectivity index (χ0v) is 6.54. The number of esters is 1. The van der Waals surface area contributed by atoms with E-state index < -0.39 is 0 Å². The van der Waals surface area contributed by atoms with Gasteiger partial charge in [0.1, 0.15) is 0 Å². The summed E-state index contributed by atoms with van der Waals surface area (Å²) in [7, 11) is 1.34. The van der Waals surface area contributed by atoms with Crippen molar-refractivity contribution in [3.63, 3.8) is 0 Å². The topological polar surface area (TPSA) is 46.5 Å². The molecule has 0 aromatic carbocycles. The molecule has 1 rings (SSSR count). The van der Waals surface area contributed by atoms with Gasteiger partial charge in [0.25, 0.3) is 0 Å². The first-order valence-electron chi connectivity index (χ1n) is 3.60. The Labute approximate surface area is 65.7 Å². The monoisotopic (exact) mass is 156 g/mol. The van der Waals surface area contributed by atoms with E-state index in [1.165, 1.54) is 7.11 Å². The Hall–Kier alpha value is -0.830. The minimum absolute atomic E-state index is 0.137. The second-order valence-electron chi connectivity index (χ2n) is 2.84. The molecular formula is C8H12O3. The zero-order chi connectivity index (χ0) is 8.43. The van der Waals surface area contributed by atoms with Crippen LogP contribution in [0.3, 0.4) is 0 Å². The molecule has 0 saturated heterocycles. The molecule has 1 N–H and O–H groups in total. The summed E-state index contributed by atoms with van der Waals surface area (Å²) in [5.74, 6) is -0.223. The zero-order valence-electron chi connectivity index (χ0n) is 6.54. The minimum Gasteiger partial charge on any atom is -0.466 e. The molecule has 1 fully saturated rings. The van der Waals surface area contributed by atoms with Crippen molar-refractivity contribution in [2.45, 2.75) is 18.9 Å². The van der Waals surface area contributed by atoms with E-state index in [1.54, 1.807) is 0 Å². The Morgan fingerprint density at radius 3 is 2.55 bits per heavy atom. The summed E-state index contributed by atoms with van der Waals surface area (Å²) in [5, 5.41) is 8.93. The molecule has 1 aliphatic carbocycles. The number of aliphatic hydroxyl groups is 1. The number of carbonyl (C=O) groups is 1. The molecule has 11 heavy (non-hydrogen) atoms. The molecule has 0 unspecified atom stereocenters. The van der Waals surface area contributed by atoms with Gasteiger partial charge in [-0.25, -0.2) is 4.79 Å². The molecule has 0 aromatic heterocycles. The van der Waals surface area contributed by atoms with Crippen molar-refractivity contribution in [3.05, 3.63) is 12.2 Å². The molecule has 0 heterocycles. The van der Waals surface area contributed by atoms with E-state index in [2.05, 4.69) is 11.3 Å². The number of ether oxygens (including phenoxy) is 1. The summed E-state index contributed by atoms with van der Waals surface area (Å²) in [6.07, 6.45) is 1.04. The standard InChI is InChI=1S/C8H12O3/c1-5(8(10)11-2)6-3-7(9)4-6/h6-7,9H,1,3-4H2,2H3. The average molecular weight is 156 g/mol. The fourth-order valence-electron chi connectivity index (χ4n) is 1.17. The van der Waals surface area contributed by atoms with Gasteiger partial charge in [-0.2, -0.15) is 0 Å². The maximum Gasteiger partial charge on any atom is 0.333 e. The third-order valence-corrected chi connectivity index (χ3v) is 2.05. The van der Waals surface area contributed by atoms with Crippen LogP contribution in [0.15, 0.2) is 12.2 Å². The maximum atomic E-state index is 10.8. The average Bonchev–Trinajstić information content (AvgIpc) is 1.96. The Bertz CT molecular complexity index is 180. The SMILES string of the molecule is C=C(C(=O)OC)C1CC(O)C1. The van der Waals surface area contributed by atoms with Gasteiger partial charge in [-0.15, -0.1) is 0 Å². The lowest BCUT2D eigenvalue weighted by molar-refractivity contribution is -0.137. The molecule has 0 aromatic rings. The van der Waals surface area contributed by atoms with Crippen LogP contribution in [0.1, 0.15) is 12.8 Å². The molecule has 0 spiro atoms. The first kappa shape index (κ1) is 8.27. The van der Waals surface area contributed by atoms with Crippen molar-refractivity contribution < 1.29 is 14.6 Å². The van der Waals surface area contributed by atoms with Crippen molar-refractivity contribution in [2.75, 3.05) is 7.11 Å². The fraction of sp³-hybridized carbons (Fsp3) is 0.625. The number of hydrogen-bond donors (Lipinski definition) is 1. The Balaban J connectivity index is 2.38. The normalized spacial score (nSPS) is 28.9. The van der Waals surface area contributed by atoms with Gasteiger partial charge in [0.05, 0.1) is 13.2 Å². The largest absolute Gasteiger partial charge is 0.466 e. The minimum atomic E-state index is -0.359. The van der Waals surface area contributed by atoms with E-state index in [9.17, 15) is 4.79 Å². The number of carbonyl (C=O) groups excluding carboxylic acids is 1. The van der Waals surface area contributed by atoms with E-state index in [4.69, 9.17) is 5.11 Å². The van der Waals surface area contributed by atoms with Gasteiger partial charge < -0.3 is 9.84 Å². The first-order chi connectivity index (χ1) is 5.15. The molecule has 3 nitrogen and oxygen atoms in total. The van der Waals surface area contributed by atoms with Gasteiger partial charge in [0, 0.05) is 5.57 Å². The van der Waals surface area contributed by atoms with Crippen LogP contribution in [-0.2, 0) is 9.53 Å². The van der Waals surface area contributed by atoms with Crippen molar-refractivity contribution >= 4 is 5.97 Å². The van der Waals surface area contributed by atoms with E-state index in [-0.39, 0.29) is 18.0 Å². The summed E-state index contributed by atoms with van der Waals surface area (Å²) in [6, 6.07) is 0. The van der Waals surface area contributed by atoms with Crippen molar-refractivity contribution in [1.82, 2.24) is 0 Å². The van der Waals surface area contributed by atoms with Gasteiger partial charge in [-0.05, 0) is 18.8 Å². The van der Waals surface area contributed by atoms with Crippen LogP contribution in [0.25, 0.3) is 0 Å². The van der Waals surface area contributed by atoms with Crippen molar-refractivity contribution in [2.24, 2.45) is 5.92 Å². The molecule has 1 saturated carbocycles.